The molecule has 3 rings (SSSR count). The van der Waals surface area contributed by atoms with Crippen LogP contribution in [0.1, 0.15) is 22.5 Å². The van der Waals surface area contributed by atoms with E-state index in [2.05, 4.69) is 34.6 Å². The number of rotatable bonds is 5. The van der Waals surface area contributed by atoms with Gasteiger partial charge in [-0.1, -0.05) is 24.3 Å². The van der Waals surface area contributed by atoms with Crippen LogP contribution in [0.25, 0.3) is 0 Å². The van der Waals surface area contributed by atoms with Gasteiger partial charge in [0.25, 0.3) is 0 Å². The second-order valence-corrected chi connectivity index (χ2v) is 5.99. The van der Waals surface area contributed by atoms with Gasteiger partial charge in [0.05, 0.1) is 24.1 Å². The molecule has 6 nitrogen and oxygen atoms in total. The number of aryl methyl sites for hydroxylation is 3. The molecule has 0 radical (unpaired) electrons. The van der Waals surface area contributed by atoms with E-state index in [-0.39, 0.29) is 12.5 Å². The number of carbonyl (C=O) groups is 1. The summed E-state index contributed by atoms with van der Waals surface area (Å²) in [5, 5.41) is 11.5. The summed E-state index contributed by atoms with van der Waals surface area (Å²) in [5.74, 6) is -0.114. The normalized spacial score (nSPS) is 10.8. The molecule has 0 saturated heterocycles. The molecule has 0 aliphatic carbocycles. The lowest BCUT2D eigenvalue weighted by molar-refractivity contribution is -0.116. The smallest absolute Gasteiger partial charge is 0.246 e. The number of anilines is 1. The lowest BCUT2D eigenvalue weighted by atomic mass is 10.1. The van der Waals surface area contributed by atoms with E-state index in [1.165, 1.54) is 11.1 Å². The zero-order valence-electron chi connectivity index (χ0n) is 14.2. The molecule has 2 aromatic heterocycles. The molecule has 3 aromatic rings. The van der Waals surface area contributed by atoms with Gasteiger partial charge in [-0.25, -0.2) is 0 Å². The molecule has 0 unspecified atom stereocenters. The van der Waals surface area contributed by atoms with Crippen LogP contribution in [0, 0.1) is 20.8 Å². The van der Waals surface area contributed by atoms with E-state index in [1.807, 2.05) is 42.9 Å². The Balaban J connectivity index is 1.62. The number of carbonyl (C=O) groups excluding carboxylic acids is 1. The second-order valence-electron chi connectivity index (χ2n) is 5.99. The van der Waals surface area contributed by atoms with E-state index in [0.29, 0.717) is 12.2 Å². The van der Waals surface area contributed by atoms with Gasteiger partial charge in [0.1, 0.15) is 6.54 Å². The highest BCUT2D eigenvalue weighted by atomic mass is 16.2. The first-order chi connectivity index (χ1) is 11.5. The van der Waals surface area contributed by atoms with Crippen LogP contribution < -0.4 is 5.32 Å². The van der Waals surface area contributed by atoms with Crippen molar-refractivity contribution in [1.82, 2.24) is 19.6 Å². The molecule has 2 heterocycles. The second kappa shape index (κ2) is 6.70. The molecule has 0 atom stereocenters. The van der Waals surface area contributed by atoms with Crippen molar-refractivity contribution in [3.8, 4) is 0 Å². The summed E-state index contributed by atoms with van der Waals surface area (Å²) < 4.78 is 3.52. The number of hydrogen-bond donors (Lipinski definition) is 1. The van der Waals surface area contributed by atoms with Crippen LogP contribution in [-0.4, -0.2) is 25.5 Å². The largest absolute Gasteiger partial charge is 0.322 e. The zero-order valence-corrected chi connectivity index (χ0v) is 14.2. The topological polar surface area (TPSA) is 64.7 Å². The maximum atomic E-state index is 12.2. The molecule has 24 heavy (non-hydrogen) atoms. The van der Waals surface area contributed by atoms with E-state index >= 15 is 0 Å². The number of amides is 1. The van der Waals surface area contributed by atoms with Crippen LogP contribution in [0.3, 0.4) is 0 Å². The van der Waals surface area contributed by atoms with Crippen LogP contribution in [0.4, 0.5) is 5.69 Å². The predicted molar refractivity (Wildman–Crippen MR) is 92.8 cm³/mol. The fraction of sp³-hybridized carbons (Fsp3) is 0.278. The number of nitrogens with zero attached hydrogens (tertiary/aromatic N) is 4. The molecule has 1 amide bonds. The average molecular weight is 323 g/mol. The van der Waals surface area contributed by atoms with Gasteiger partial charge in [-0.15, -0.1) is 0 Å². The highest BCUT2D eigenvalue weighted by Crippen LogP contribution is 2.11. The van der Waals surface area contributed by atoms with Crippen molar-refractivity contribution in [2.75, 3.05) is 5.32 Å². The van der Waals surface area contributed by atoms with Crippen LogP contribution >= 0.6 is 0 Å². The molecule has 1 aromatic carbocycles. The minimum atomic E-state index is -0.114. The molecule has 0 fully saturated rings. The maximum absolute atomic E-state index is 12.2. The van der Waals surface area contributed by atoms with Gasteiger partial charge in [-0.3, -0.25) is 14.2 Å². The SMILES string of the molecule is Cc1cc(C)n(CC(=O)Nc2cnn(Cc3ccccc3C)c2)n1. The Hall–Kier alpha value is -2.89. The Morgan fingerprint density at radius 3 is 2.71 bits per heavy atom. The molecule has 1 N–H and O–H groups in total. The van der Waals surface area contributed by atoms with E-state index < -0.39 is 0 Å². The van der Waals surface area contributed by atoms with E-state index in [0.717, 1.165) is 11.4 Å². The summed E-state index contributed by atoms with van der Waals surface area (Å²) in [6.07, 6.45) is 3.50. The number of hydrogen-bond acceptors (Lipinski definition) is 3. The first kappa shape index (κ1) is 16.0. The first-order valence-corrected chi connectivity index (χ1v) is 7.89. The van der Waals surface area contributed by atoms with Crippen molar-refractivity contribution in [1.29, 1.82) is 0 Å². The molecule has 0 aliphatic rings. The van der Waals surface area contributed by atoms with Crippen molar-refractivity contribution >= 4 is 11.6 Å². The molecule has 0 bridgehead atoms. The molecular formula is C18H21N5O. The van der Waals surface area contributed by atoms with Gasteiger partial charge < -0.3 is 5.32 Å². The summed E-state index contributed by atoms with van der Waals surface area (Å²) in [4.78, 5) is 12.2. The molecule has 0 aliphatic heterocycles. The molecule has 0 spiro atoms. The highest BCUT2D eigenvalue weighted by Gasteiger charge is 2.09. The minimum absolute atomic E-state index is 0.114. The van der Waals surface area contributed by atoms with Gasteiger partial charge in [-0.05, 0) is 38.0 Å². The third-order valence-electron chi connectivity index (χ3n) is 3.91. The maximum Gasteiger partial charge on any atom is 0.246 e. The summed E-state index contributed by atoms with van der Waals surface area (Å²) in [6.45, 7) is 6.81. The third-order valence-corrected chi connectivity index (χ3v) is 3.91. The van der Waals surface area contributed by atoms with Crippen LogP contribution in [0.2, 0.25) is 0 Å². The van der Waals surface area contributed by atoms with E-state index in [9.17, 15) is 4.79 Å². The van der Waals surface area contributed by atoms with Crippen LogP contribution in [0.15, 0.2) is 42.7 Å². The lowest BCUT2D eigenvalue weighted by Gasteiger charge is -2.06. The third kappa shape index (κ3) is 3.71. The Morgan fingerprint density at radius 1 is 1.21 bits per heavy atom. The molecule has 0 saturated carbocycles. The molecule has 124 valence electrons. The zero-order chi connectivity index (χ0) is 17.1. The number of aromatic nitrogens is 4. The van der Waals surface area contributed by atoms with Gasteiger partial charge in [0, 0.05) is 11.9 Å². The predicted octanol–water partition coefficient (Wildman–Crippen LogP) is 2.69. The Bertz CT molecular complexity index is 862. The Labute approximate surface area is 141 Å². The molecular weight excluding hydrogens is 302 g/mol. The summed E-state index contributed by atoms with van der Waals surface area (Å²) in [6, 6.07) is 10.1. The number of benzene rings is 1. The summed E-state index contributed by atoms with van der Waals surface area (Å²) in [7, 11) is 0. The van der Waals surface area contributed by atoms with Gasteiger partial charge in [0.2, 0.25) is 5.91 Å². The van der Waals surface area contributed by atoms with E-state index in [4.69, 9.17) is 0 Å². The van der Waals surface area contributed by atoms with Crippen molar-refractivity contribution in [3.63, 3.8) is 0 Å². The fourth-order valence-electron chi connectivity index (χ4n) is 2.65. The lowest BCUT2D eigenvalue weighted by Crippen LogP contribution is -2.20. The van der Waals surface area contributed by atoms with E-state index in [1.54, 1.807) is 10.9 Å². The van der Waals surface area contributed by atoms with Gasteiger partial charge >= 0.3 is 0 Å². The van der Waals surface area contributed by atoms with Gasteiger partial charge in [-0.2, -0.15) is 10.2 Å². The summed E-state index contributed by atoms with van der Waals surface area (Å²) >= 11 is 0. The fourth-order valence-corrected chi connectivity index (χ4v) is 2.65. The standard InChI is InChI=1S/C18H21N5O/c1-13-6-4-5-7-16(13)10-22-11-17(9-19-22)20-18(24)12-23-15(3)8-14(2)21-23/h4-9,11H,10,12H2,1-3H3,(H,20,24). The van der Waals surface area contributed by atoms with Crippen molar-refractivity contribution in [3.05, 3.63) is 65.2 Å². The number of nitrogens with one attached hydrogen (secondary N) is 1. The monoisotopic (exact) mass is 323 g/mol. The quantitative estimate of drug-likeness (QED) is 0.785. The molecule has 6 heteroatoms. The Morgan fingerprint density at radius 2 is 2.00 bits per heavy atom. The first-order valence-electron chi connectivity index (χ1n) is 7.89. The van der Waals surface area contributed by atoms with Crippen molar-refractivity contribution in [2.45, 2.75) is 33.9 Å². The Kier molecular flexibility index (Phi) is 4.46. The summed E-state index contributed by atoms with van der Waals surface area (Å²) in [5.41, 5.74) is 5.00. The van der Waals surface area contributed by atoms with Crippen LogP contribution in [0.5, 0.6) is 0 Å². The average Bonchev–Trinajstić information content (AvgIpc) is 3.08. The highest BCUT2D eigenvalue weighted by molar-refractivity contribution is 5.90. The van der Waals surface area contributed by atoms with Crippen molar-refractivity contribution < 1.29 is 4.79 Å². The van der Waals surface area contributed by atoms with Crippen molar-refractivity contribution in [2.24, 2.45) is 0 Å². The van der Waals surface area contributed by atoms with Gasteiger partial charge in [0.15, 0.2) is 0 Å². The minimum Gasteiger partial charge on any atom is -0.322 e. The van der Waals surface area contributed by atoms with Crippen LogP contribution in [-0.2, 0) is 17.9 Å².